The van der Waals surface area contributed by atoms with Crippen molar-refractivity contribution in [2.24, 2.45) is 0 Å². The van der Waals surface area contributed by atoms with Crippen LogP contribution in [-0.2, 0) is 34.2 Å². The van der Waals surface area contributed by atoms with Crippen molar-refractivity contribution in [1.82, 2.24) is 15.1 Å². The number of hydrogen-bond acceptors (Lipinski definition) is 6. The van der Waals surface area contributed by atoms with E-state index >= 15 is 0 Å². The Hall–Kier alpha value is -3.98. The minimum atomic E-state index is -0.544. The number of fused-ring (bicyclic) bond motifs is 3. The summed E-state index contributed by atoms with van der Waals surface area (Å²) < 4.78 is 12.9. The predicted molar refractivity (Wildman–Crippen MR) is 131 cm³/mol. The molecule has 2 aliphatic rings. The molecule has 0 spiro atoms. The standard InChI is InChI=1S/C26H22N4O4S/c31-23(27-12-16-6-5-11-33-16)13-30-25(19-14-35-15-20(19)29-30)28-26(32)24-17-7-1-3-9-21(17)34-22-10-4-2-8-18(22)24/h1-11,24H,12-15H2,(H,27,31)(H,28,32). The maximum atomic E-state index is 13.8. The number of amides is 2. The summed E-state index contributed by atoms with van der Waals surface area (Å²) in [5, 5.41) is 10.6. The summed E-state index contributed by atoms with van der Waals surface area (Å²) in [4.78, 5) is 26.4. The van der Waals surface area contributed by atoms with Gasteiger partial charge in [0.1, 0.15) is 29.6 Å². The van der Waals surface area contributed by atoms with Gasteiger partial charge in [-0.1, -0.05) is 36.4 Å². The van der Waals surface area contributed by atoms with Crippen molar-refractivity contribution in [3.05, 3.63) is 95.1 Å². The topological polar surface area (TPSA) is 98.4 Å². The molecule has 2 aromatic heterocycles. The second-order valence-electron chi connectivity index (χ2n) is 8.38. The Balaban J connectivity index is 1.28. The molecule has 0 bridgehead atoms. The average molecular weight is 487 g/mol. The number of rotatable bonds is 6. The Labute approximate surface area is 205 Å². The van der Waals surface area contributed by atoms with Crippen LogP contribution in [0.1, 0.15) is 34.1 Å². The van der Waals surface area contributed by atoms with E-state index in [4.69, 9.17) is 9.15 Å². The summed E-state index contributed by atoms with van der Waals surface area (Å²) in [5.41, 5.74) is 3.47. The predicted octanol–water partition coefficient (Wildman–Crippen LogP) is 4.42. The molecule has 0 atom stereocenters. The fourth-order valence-corrected chi connectivity index (χ4v) is 5.53. The molecule has 176 valence electrons. The number of carbonyl (C=O) groups is 2. The van der Waals surface area contributed by atoms with Crippen molar-refractivity contribution >= 4 is 29.4 Å². The molecule has 0 saturated carbocycles. The van der Waals surface area contributed by atoms with Crippen LogP contribution in [0, 0.1) is 0 Å². The molecule has 2 aliphatic heterocycles. The van der Waals surface area contributed by atoms with E-state index in [0.29, 0.717) is 29.6 Å². The lowest BCUT2D eigenvalue weighted by Crippen LogP contribution is -2.30. The first-order valence-corrected chi connectivity index (χ1v) is 12.4. The van der Waals surface area contributed by atoms with Gasteiger partial charge in [-0.15, -0.1) is 0 Å². The van der Waals surface area contributed by atoms with Crippen molar-refractivity contribution in [3.8, 4) is 11.5 Å². The highest BCUT2D eigenvalue weighted by molar-refractivity contribution is 7.98. The summed E-state index contributed by atoms with van der Waals surface area (Å²) in [6, 6.07) is 18.7. The molecule has 4 aromatic rings. The lowest BCUT2D eigenvalue weighted by molar-refractivity contribution is -0.122. The molecule has 9 heteroatoms. The largest absolute Gasteiger partial charge is 0.467 e. The van der Waals surface area contributed by atoms with E-state index in [1.54, 1.807) is 34.8 Å². The molecule has 2 N–H and O–H groups in total. The van der Waals surface area contributed by atoms with Gasteiger partial charge in [0, 0.05) is 28.2 Å². The maximum Gasteiger partial charge on any atom is 0.242 e. The molecule has 4 heterocycles. The van der Waals surface area contributed by atoms with E-state index < -0.39 is 5.92 Å². The lowest BCUT2D eigenvalue weighted by Gasteiger charge is -2.27. The van der Waals surface area contributed by atoms with Crippen molar-refractivity contribution in [3.63, 3.8) is 0 Å². The SMILES string of the molecule is O=C(Cn1nc2c(c1NC(=O)C1c3ccccc3Oc3ccccc31)CSC2)NCc1ccco1. The molecular formula is C26H22N4O4S. The van der Waals surface area contributed by atoms with E-state index in [2.05, 4.69) is 15.7 Å². The van der Waals surface area contributed by atoms with E-state index in [9.17, 15) is 9.59 Å². The van der Waals surface area contributed by atoms with E-state index in [1.165, 1.54) is 0 Å². The molecule has 2 aromatic carbocycles. The molecule has 0 fully saturated rings. The minimum absolute atomic E-state index is 0.00502. The third kappa shape index (κ3) is 4.08. The van der Waals surface area contributed by atoms with Crippen LogP contribution in [0.4, 0.5) is 5.82 Å². The van der Waals surface area contributed by atoms with Gasteiger partial charge in [-0.3, -0.25) is 9.59 Å². The van der Waals surface area contributed by atoms with Gasteiger partial charge in [-0.2, -0.15) is 16.9 Å². The van der Waals surface area contributed by atoms with Gasteiger partial charge in [-0.05, 0) is 24.3 Å². The number of hydrogen-bond donors (Lipinski definition) is 2. The Bertz CT molecular complexity index is 1370. The first-order chi connectivity index (χ1) is 17.2. The Morgan fingerprint density at radius 1 is 1.00 bits per heavy atom. The zero-order valence-corrected chi connectivity index (χ0v) is 19.5. The van der Waals surface area contributed by atoms with E-state index in [1.807, 2.05) is 48.5 Å². The Kier molecular flexibility index (Phi) is 5.54. The van der Waals surface area contributed by atoms with Gasteiger partial charge in [0.05, 0.1) is 24.4 Å². The monoisotopic (exact) mass is 486 g/mol. The van der Waals surface area contributed by atoms with Crippen LogP contribution in [-0.4, -0.2) is 21.6 Å². The van der Waals surface area contributed by atoms with Crippen molar-refractivity contribution < 1.29 is 18.7 Å². The summed E-state index contributed by atoms with van der Waals surface area (Å²) in [6.45, 7) is 0.287. The van der Waals surface area contributed by atoms with Gasteiger partial charge in [-0.25, -0.2) is 4.68 Å². The molecular weight excluding hydrogens is 464 g/mol. The van der Waals surface area contributed by atoms with Crippen LogP contribution in [0.3, 0.4) is 0 Å². The van der Waals surface area contributed by atoms with Gasteiger partial charge in [0.25, 0.3) is 0 Å². The summed E-state index contributed by atoms with van der Waals surface area (Å²) >= 11 is 1.74. The van der Waals surface area contributed by atoms with Crippen molar-refractivity contribution in [1.29, 1.82) is 0 Å². The van der Waals surface area contributed by atoms with Gasteiger partial charge in [0.15, 0.2) is 0 Å². The zero-order valence-electron chi connectivity index (χ0n) is 18.7. The number of thioether (sulfide) groups is 1. The van der Waals surface area contributed by atoms with Crippen LogP contribution in [0.25, 0.3) is 0 Å². The number of aromatic nitrogens is 2. The molecule has 0 radical (unpaired) electrons. The molecule has 0 aliphatic carbocycles. The van der Waals surface area contributed by atoms with Crippen LogP contribution in [0.5, 0.6) is 11.5 Å². The van der Waals surface area contributed by atoms with Gasteiger partial charge in [0.2, 0.25) is 11.8 Å². The van der Waals surface area contributed by atoms with Crippen LogP contribution < -0.4 is 15.4 Å². The van der Waals surface area contributed by atoms with Crippen LogP contribution >= 0.6 is 11.8 Å². The third-order valence-electron chi connectivity index (χ3n) is 6.14. The third-order valence-corrected chi connectivity index (χ3v) is 7.11. The van der Waals surface area contributed by atoms with Gasteiger partial charge >= 0.3 is 0 Å². The number of nitrogens with one attached hydrogen (secondary N) is 2. The highest BCUT2D eigenvalue weighted by atomic mass is 32.2. The molecule has 0 unspecified atom stereocenters. The van der Waals surface area contributed by atoms with Crippen LogP contribution in [0.15, 0.2) is 71.3 Å². The van der Waals surface area contributed by atoms with Crippen LogP contribution in [0.2, 0.25) is 0 Å². The lowest BCUT2D eigenvalue weighted by atomic mass is 9.87. The maximum absolute atomic E-state index is 13.8. The molecule has 35 heavy (non-hydrogen) atoms. The van der Waals surface area contributed by atoms with Gasteiger partial charge < -0.3 is 19.8 Å². The van der Waals surface area contributed by atoms with E-state index in [0.717, 1.165) is 33.9 Å². The molecule has 0 saturated heterocycles. The summed E-state index contributed by atoms with van der Waals surface area (Å²) in [6.07, 6.45) is 1.57. The fourth-order valence-electron chi connectivity index (χ4n) is 4.49. The minimum Gasteiger partial charge on any atom is -0.467 e. The Morgan fingerprint density at radius 3 is 2.46 bits per heavy atom. The highest BCUT2D eigenvalue weighted by Gasteiger charge is 2.34. The highest BCUT2D eigenvalue weighted by Crippen LogP contribution is 2.44. The van der Waals surface area contributed by atoms with E-state index in [-0.39, 0.29) is 18.4 Å². The fraction of sp³-hybridized carbons (Fsp3) is 0.192. The first kappa shape index (κ1) is 21.5. The Morgan fingerprint density at radius 2 is 1.74 bits per heavy atom. The normalized spacial score (nSPS) is 13.9. The number of carbonyl (C=O) groups excluding carboxylic acids is 2. The number of ether oxygens (including phenoxy) is 1. The smallest absolute Gasteiger partial charge is 0.242 e. The zero-order chi connectivity index (χ0) is 23.8. The number of benzene rings is 2. The molecule has 6 rings (SSSR count). The number of anilines is 1. The second-order valence-corrected chi connectivity index (χ2v) is 9.37. The number of para-hydroxylation sites is 2. The average Bonchev–Trinajstić information content (AvgIpc) is 3.61. The van der Waals surface area contributed by atoms with Crippen molar-refractivity contribution in [2.45, 2.75) is 30.5 Å². The number of furan rings is 1. The molecule has 8 nitrogen and oxygen atoms in total. The quantitative estimate of drug-likeness (QED) is 0.419. The first-order valence-electron chi connectivity index (χ1n) is 11.3. The summed E-state index contributed by atoms with van der Waals surface area (Å²) in [7, 11) is 0. The second kappa shape index (κ2) is 8.99. The summed E-state index contributed by atoms with van der Waals surface area (Å²) in [5.74, 6) is 3.11. The molecule has 2 amide bonds. The van der Waals surface area contributed by atoms with Crippen molar-refractivity contribution in [2.75, 3.05) is 5.32 Å². The number of nitrogens with zero attached hydrogens (tertiary/aromatic N) is 2.